The number of alkyl carbamates (subject to hydrolysis) is 1. The number of carbonyl (C=O) groups excluding carboxylic acids is 1. The van der Waals surface area contributed by atoms with Gasteiger partial charge in [0.1, 0.15) is 5.60 Å². The number of nitrogens with two attached hydrogens (primary N) is 1. The first-order chi connectivity index (χ1) is 8.62. The zero-order valence-electron chi connectivity index (χ0n) is 12.5. The number of hydrogen-bond acceptors (Lipinski definition) is 5. The first kappa shape index (κ1) is 16.2. The molecule has 0 aliphatic carbocycles. The highest BCUT2D eigenvalue weighted by molar-refractivity contribution is 5.69. The van der Waals surface area contributed by atoms with Crippen molar-refractivity contribution in [3.05, 3.63) is 0 Å². The lowest BCUT2D eigenvalue weighted by molar-refractivity contribution is -0.0143. The molecule has 6 heteroatoms. The molecule has 1 atom stereocenters. The molecule has 0 saturated carbocycles. The van der Waals surface area contributed by atoms with Crippen LogP contribution >= 0.6 is 0 Å². The van der Waals surface area contributed by atoms with E-state index in [9.17, 15) is 4.79 Å². The van der Waals surface area contributed by atoms with Crippen LogP contribution in [0.2, 0.25) is 0 Å². The fourth-order valence-corrected chi connectivity index (χ4v) is 2.21. The van der Waals surface area contributed by atoms with Gasteiger partial charge in [-0.05, 0) is 27.2 Å². The average molecular weight is 274 g/mol. The van der Waals surface area contributed by atoms with E-state index in [2.05, 4.69) is 5.32 Å². The van der Waals surface area contributed by atoms with E-state index < -0.39 is 17.2 Å². The molecule has 1 saturated heterocycles. The molecule has 112 valence electrons. The van der Waals surface area contributed by atoms with Gasteiger partial charge in [-0.25, -0.2) is 10.7 Å². The lowest BCUT2D eigenvalue weighted by Gasteiger charge is -2.43. The summed E-state index contributed by atoms with van der Waals surface area (Å²) in [6.07, 6.45) is 0.269. The van der Waals surface area contributed by atoms with Crippen LogP contribution in [0, 0.1) is 5.41 Å². The van der Waals surface area contributed by atoms with Gasteiger partial charge in [0.05, 0.1) is 18.8 Å². The normalized spacial score (nSPS) is 24.3. The van der Waals surface area contributed by atoms with Crippen LogP contribution in [-0.2, 0) is 14.3 Å². The number of rotatable bonds is 4. The Kier molecular flexibility index (Phi) is 4.81. The van der Waals surface area contributed by atoms with E-state index in [0.717, 1.165) is 0 Å². The molecule has 0 bridgehead atoms. The molecule has 19 heavy (non-hydrogen) atoms. The smallest absolute Gasteiger partial charge is 0.408 e. The Hall–Kier alpha value is -0.850. The van der Waals surface area contributed by atoms with Crippen LogP contribution < -0.4 is 11.2 Å². The molecule has 1 aliphatic rings. The maximum Gasteiger partial charge on any atom is 0.408 e. The number of amides is 1. The van der Waals surface area contributed by atoms with Gasteiger partial charge >= 0.3 is 6.09 Å². The molecular formula is C13H26N2O4. The van der Waals surface area contributed by atoms with E-state index in [1.54, 1.807) is 0 Å². The van der Waals surface area contributed by atoms with Crippen molar-refractivity contribution < 1.29 is 19.1 Å². The van der Waals surface area contributed by atoms with Crippen LogP contribution in [0.5, 0.6) is 0 Å². The molecule has 1 aliphatic heterocycles. The standard InChI is InChI=1S/C13H26N2O4/c1-11(2,3)19-10(16)15-13(6-7-17-9-13)12(4,5)8-18-14/h6-9,14H2,1-5H3,(H,15,16). The monoisotopic (exact) mass is 274 g/mol. The summed E-state index contributed by atoms with van der Waals surface area (Å²) < 4.78 is 10.8. The van der Waals surface area contributed by atoms with Crippen molar-refractivity contribution in [2.45, 2.75) is 52.2 Å². The van der Waals surface area contributed by atoms with Crippen molar-refractivity contribution >= 4 is 6.09 Å². The van der Waals surface area contributed by atoms with E-state index >= 15 is 0 Å². The molecule has 0 spiro atoms. The lowest BCUT2D eigenvalue weighted by atomic mass is 9.72. The summed E-state index contributed by atoms with van der Waals surface area (Å²) in [5, 5.41) is 2.95. The van der Waals surface area contributed by atoms with E-state index in [4.69, 9.17) is 20.2 Å². The number of nitrogens with one attached hydrogen (secondary N) is 1. The Bertz CT molecular complexity index is 317. The zero-order chi connectivity index (χ0) is 14.7. The minimum absolute atomic E-state index is 0.326. The van der Waals surface area contributed by atoms with Gasteiger partial charge in [0, 0.05) is 12.0 Å². The maximum atomic E-state index is 12.0. The molecule has 0 aromatic rings. The average Bonchev–Trinajstić information content (AvgIpc) is 2.64. The van der Waals surface area contributed by atoms with E-state index in [1.165, 1.54) is 0 Å². The van der Waals surface area contributed by atoms with E-state index in [0.29, 0.717) is 26.2 Å². The fraction of sp³-hybridized carbons (Fsp3) is 0.923. The molecule has 0 aromatic carbocycles. The van der Waals surface area contributed by atoms with Gasteiger partial charge in [0.2, 0.25) is 0 Å². The number of ether oxygens (including phenoxy) is 2. The zero-order valence-corrected chi connectivity index (χ0v) is 12.5. The Labute approximate surface area is 114 Å². The SMILES string of the molecule is CC(C)(C)OC(=O)NC1(C(C)(C)CON)CCOC1. The summed E-state index contributed by atoms with van der Waals surface area (Å²) >= 11 is 0. The van der Waals surface area contributed by atoms with Crippen LogP contribution in [-0.4, -0.2) is 37.1 Å². The minimum Gasteiger partial charge on any atom is -0.444 e. The first-order valence-electron chi connectivity index (χ1n) is 6.52. The van der Waals surface area contributed by atoms with Crippen molar-refractivity contribution in [2.24, 2.45) is 11.3 Å². The number of carbonyl (C=O) groups is 1. The Balaban J connectivity index is 2.80. The molecule has 1 rings (SSSR count). The minimum atomic E-state index is -0.529. The predicted molar refractivity (Wildman–Crippen MR) is 71.5 cm³/mol. The van der Waals surface area contributed by atoms with Gasteiger partial charge < -0.3 is 19.6 Å². The fourth-order valence-electron chi connectivity index (χ4n) is 2.21. The summed E-state index contributed by atoms with van der Waals surface area (Å²) in [4.78, 5) is 16.8. The highest BCUT2D eigenvalue weighted by Crippen LogP contribution is 2.37. The first-order valence-corrected chi connectivity index (χ1v) is 6.52. The highest BCUT2D eigenvalue weighted by atomic mass is 16.6. The maximum absolute atomic E-state index is 12.0. The van der Waals surface area contributed by atoms with Crippen molar-refractivity contribution in [3.63, 3.8) is 0 Å². The molecule has 0 radical (unpaired) electrons. The molecule has 0 aromatic heterocycles. The van der Waals surface area contributed by atoms with Gasteiger partial charge in [-0.2, -0.15) is 0 Å². The number of hydrogen-bond donors (Lipinski definition) is 2. The van der Waals surface area contributed by atoms with Crippen molar-refractivity contribution in [2.75, 3.05) is 19.8 Å². The third-order valence-electron chi connectivity index (χ3n) is 3.50. The van der Waals surface area contributed by atoms with Gasteiger partial charge in [-0.3, -0.25) is 0 Å². The summed E-state index contributed by atoms with van der Waals surface area (Å²) in [6, 6.07) is 0. The Morgan fingerprint density at radius 2 is 2.00 bits per heavy atom. The molecule has 1 fully saturated rings. The van der Waals surface area contributed by atoms with Crippen LogP contribution in [0.4, 0.5) is 4.79 Å². The highest BCUT2D eigenvalue weighted by Gasteiger charge is 2.49. The Morgan fingerprint density at radius 1 is 1.37 bits per heavy atom. The van der Waals surface area contributed by atoms with Crippen LogP contribution in [0.1, 0.15) is 41.0 Å². The summed E-state index contributed by atoms with van der Waals surface area (Å²) in [6.45, 7) is 10.8. The lowest BCUT2D eigenvalue weighted by Crippen LogP contribution is -2.61. The van der Waals surface area contributed by atoms with Crippen LogP contribution in [0.3, 0.4) is 0 Å². The van der Waals surface area contributed by atoms with Crippen molar-refractivity contribution in [1.82, 2.24) is 5.32 Å². The molecule has 1 heterocycles. The largest absolute Gasteiger partial charge is 0.444 e. The third-order valence-corrected chi connectivity index (χ3v) is 3.50. The van der Waals surface area contributed by atoms with E-state index in [-0.39, 0.29) is 5.41 Å². The second kappa shape index (κ2) is 5.64. The molecule has 1 unspecified atom stereocenters. The second-order valence-electron chi connectivity index (χ2n) is 6.71. The van der Waals surface area contributed by atoms with Gasteiger partial charge in [0.25, 0.3) is 0 Å². The molecule has 6 nitrogen and oxygen atoms in total. The molecular weight excluding hydrogens is 248 g/mol. The summed E-state index contributed by atoms with van der Waals surface area (Å²) in [5.74, 6) is 5.19. The van der Waals surface area contributed by atoms with Gasteiger partial charge in [0.15, 0.2) is 0 Å². The van der Waals surface area contributed by atoms with Crippen molar-refractivity contribution in [1.29, 1.82) is 0 Å². The molecule has 1 amide bonds. The topological polar surface area (TPSA) is 82.8 Å². The van der Waals surface area contributed by atoms with Crippen LogP contribution in [0.15, 0.2) is 0 Å². The quantitative estimate of drug-likeness (QED) is 0.761. The van der Waals surface area contributed by atoms with Gasteiger partial charge in [-0.15, -0.1) is 0 Å². The molecule has 3 N–H and O–H groups in total. The second-order valence-corrected chi connectivity index (χ2v) is 6.71. The third kappa shape index (κ3) is 4.06. The predicted octanol–water partition coefficient (Wildman–Crippen LogP) is 1.59. The summed E-state index contributed by atoms with van der Waals surface area (Å²) in [7, 11) is 0. The van der Waals surface area contributed by atoms with Gasteiger partial charge in [-0.1, -0.05) is 13.8 Å². The summed E-state index contributed by atoms with van der Waals surface area (Å²) in [5.41, 5.74) is -1.40. The Morgan fingerprint density at radius 3 is 2.42 bits per heavy atom. The van der Waals surface area contributed by atoms with Crippen molar-refractivity contribution in [3.8, 4) is 0 Å². The van der Waals surface area contributed by atoms with E-state index in [1.807, 2.05) is 34.6 Å². The van der Waals surface area contributed by atoms with Crippen LogP contribution in [0.25, 0.3) is 0 Å².